The van der Waals surface area contributed by atoms with Gasteiger partial charge in [0, 0.05) is 19.5 Å². The van der Waals surface area contributed by atoms with Crippen LogP contribution in [-0.4, -0.2) is 41.6 Å². The molecule has 1 aliphatic heterocycles. The van der Waals surface area contributed by atoms with E-state index in [0.717, 1.165) is 24.8 Å². The van der Waals surface area contributed by atoms with E-state index in [0.29, 0.717) is 31.3 Å². The maximum absolute atomic E-state index is 12.0. The van der Waals surface area contributed by atoms with E-state index >= 15 is 0 Å². The Balaban J connectivity index is 2.02. The molecule has 1 N–H and O–H groups in total. The fourth-order valence-corrected chi connectivity index (χ4v) is 2.88. The van der Waals surface area contributed by atoms with Crippen LogP contribution in [0.5, 0.6) is 11.5 Å². The van der Waals surface area contributed by atoms with E-state index in [1.807, 2.05) is 25.1 Å². The fraction of sp³-hybridized carbons (Fsp3) is 0.579. The Hall–Kier alpha value is -2.24. The Bertz CT molecular complexity index is 601. The summed E-state index contributed by atoms with van der Waals surface area (Å²) in [5.41, 5.74) is 0.906. The standard InChI is InChI=1S/C19H27NO5/c1-3-5-6-9-25-16-8-7-14(10-17(16)24-4-2)12-20-13-15(19(22)23)11-18(20)21/h7-8,10,15H,3-6,9,11-13H2,1-2H3,(H,22,23). The molecule has 1 aromatic carbocycles. The number of ether oxygens (including phenoxy) is 2. The molecule has 1 fully saturated rings. The molecular formula is C19H27NO5. The number of likely N-dealkylation sites (tertiary alicyclic amines) is 1. The molecule has 138 valence electrons. The summed E-state index contributed by atoms with van der Waals surface area (Å²) in [6.07, 6.45) is 3.35. The minimum atomic E-state index is -0.915. The maximum atomic E-state index is 12.0. The number of carboxylic acids is 1. The third kappa shape index (κ3) is 5.37. The van der Waals surface area contributed by atoms with Crippen molar-refractivity contribution in [3.8, 4) is 11.5 Å². The monoisotopic (exact) mass is 349 g/mol. The zero-order chi connectivity index (χ0) is 18.2. The molecule has 1 amide bonds. The van der Waals surface area contributed by atoms with Crippen LogP contribution >= 0.6 is 0 Å². The van der Waals surface area contributed by atoms with E-state index < -0.39 is 11.9 Å². The summed E-state index contributed by atoms with van der Waals surface area (Å²) < 4.78 is 11.5. The van der Waals surface area contributed by atoms with Crippen molar-refractivity contribution in [3.05, 3.63) is 23.8 Å². The van der Waals surface area contributed by atoms with Crippen LogP contribution in [0.3, 0.4) is 0 Å². The van der Waals surface area contributed by atoms with Gasteiger partial charge < -0.3 is 19.5 Å². The van der Waals surface area contributed by atoms with E-state index in [-0.39, 0.29) is 18.9 Å². The first-order valence-corrected chi connectivity index (χ1v) is 8.94. The van der Waals surface area contributed by atoms with E-state index in [1.165, 1.54) is 0 Å². The molecule has 1 unspecified atom stereocenters. The molecular weight excluding hydrogens is 322 g/mol. The molecule has 1 atom stereocenters. The number of nitrogens with zero attached hydrogens (tertiary/aromatic N) is 1. The van der Waals surface area contributed by atoms with Crippen molar-refractivity contribution in [2.45, 2.75) is 46.1 Å². The number of amides is 1. The van der Waals surface area contributed by atoms with Gasteiger partial charge in [-0.2, -0.15) is 0 Å². The van der Waals surface area contributed by atoms with Crippen LogP contribution in [0, 0.1) is 5.92 Å². The molecule has 0 aliphatic carbocycles. The maximum Gasteiger partial charge on any atom is 0.308 e. The lowest BCUT2D eigenvalue weighted by molar-refractivity contribution is -0.141. The first kappa shape index (κ1) is 19.1. The summed E-state index contributed by atoms with van der Waals surface area (Å²) in [4.78, 5) is 24.6. The van der Waals surface area contributed by atoms with Crippen LogP contribution in [0.25, 0.3) is 0 Å². The molecule has 0 radical (unpaired) electrons. The van der Waals surface area contributed by atoms with Crippen molar-refractivity contribution >= 4 is 11.9 Å². The first-order chi connectivity index (χ1) is 12.0. The summed E-state index contributed by atoms with van der Waals surface area (Å²) in [5.74, 6) is -0.275. The quantitative estimate of drug-likeness (QED) is 0.657. The summed E-state index contributed by atoms with van der Waals surface area (Å²) in [6, 6.07) is 5.64. The van der Waals surface area contributed by atoms with Gasteiger partial charge in [0.15, 0.2) is 11.5 Å². The highest BCUT2D eigenvalue weighted by Gasteiger charge is 2.34. The summed E-state index contributed by atoms with van der Waals surface area (Å²) >= 11 is 0. The number of hydrogen-bond donors (Lipinski definition) is 1. The van der Waals surface area contributed by atoms with Gasteiger partial charge in [0.2, 0.25) is 5.91 Å². The minimum absolute atomic E-state index is 0.0757. The number of hydrogen-bond acceptors (Lipinski definition) is 4. The number of unbranched alkanes of at least 4 members (excludes halogenated alkanes) is 2. The van der Waals surface area contributed by atoms with Crippen molar-refractivity contribution in [1.29, 1.82) is 0 Å². The number of benzene rings is 1. The van der Waals surface area contributed by atoms with Crippen LogP contribution < -0.4 is 9.47 Å². The van der Waals surface area contributed by atoms with Gasteiger partial charge in [-0.15, -0.1) is 0 Å². The lowest BCUT2D eigenvalue weighted by atomic mass is 10.1. The smallest absolute Gasteiger partial charge is 0.308 e. The average molecular weight is 349 g/mol. The first-order valence-electron chi connectivity index (χ1n) is 8.94. The molecule has 1 aromatic rings. The van der Waals surface area contributed by atoms with Gasteiger partial charge in [-0.1, -0.05) is 25.8 Å². The number of carbonyl (C=O) groups is 2. The highest BCUT2D eigenvalue weighted by molar-refractivity contribution is 5.86. The highest BCUT2D eigenvalue weighted by Crippen LogP contribution is 2.30. The molecule has 1 saturated heterocycles. The Labute approximate surface area is 148 Å². The van der Waals surface area contributed by atoms with E-state index in [9.17, 15) is 9.59 Å². The highest BCUT2D eigenvalue weighted by atomic mass is 16.5. The molecule has 25 heavy (non-hydrogen) atoms. The second-order valence-electron chi connectivity index (χ2n) is 6.28. The Morgan fingerprint density at radius 3 is 2.68 bits per heavy atom. The zero-order valence-electron chi connectivity index (χ0n) is 15.0. The average Bonchev–Trinajstić information content (AvgIpc) is 2.95. The third-order valence-corrected chi connectivity index (χ3v) is 4.25. The Kier molecular flexibility index (Phi) is 7.10. The van der Waals surface area contributed by atoms with Crippen molar-refractivity contribution < 1.29 is 24.2 Å². The van der Waals surface area contributed by atoms with Crippen molar-refractivity contribution in [3.63, 3.8) is 0 Å². The minimum Gasteiger partial charge on any atom is -0.490 e. The van der Waals surface area contributed by atoms with Crippen LogP contribution in [0.4, 0.5) is 0 Å². The van der Waals surface area contributed by atoms with Crippen LogP contribution in [-0.2, 0) is 16.1 Å². The molecule has 0 spiro atoms. The van der Waals surface area contributed by atoms with Crippen molar-refractivity contribution in [1.82, 2.24) is 4.90 Å². The summed E-state index contributed by atoms with van der Waals surface area (Å²) in [5, 5.41) is 9.07. The van der Waals surface area contributed by atoms with Crippen LogP contribution in [0.1, 0.15) is 45.1 Å². The van der Waals surface area contributed by atoms with Gasteiger partial charge in [0.25, 0.3) is 0 Å². The predicted octanol–water partition coefficient (Wildman–Crippen LogP) is 3.09. The van der Waals surface area contributed by atoms with Gasteiger partial charge >= 0.3 is 5.97 Å². The Morgan fingerprint density at radius 1 is 1.24 bits per heavy atom. The summed E-state index contributed by atoms with van der Waals surface area (Å²) in [7, 11) is 0. The SMILES string of the molecule is CCCCCOc1ccc(CN2CC(C(=O)O)CC2=O)cc1OCC. The van der Waals surface area contributed by atoms with Gasteiger partial charge in [0.1, 0.15) is 0 Å². The number of carboxylic acid groups (broad SMARTS) is 1. The zero-order valence-corrected chi connectivity index (χ0v) is 15.0. The normalized spacial score (nSPS) is 17.0. The number of carbonyl (C=O) groups excluding carboxylic acids is 1. The van der Waals surface area contributed by atoms with E-state index in [2.05, 4.69) is 6.92 Å². The van der Waals surface area contributed by atoms with Crippen molar-refractivity contribution in [2.75, 3.05) is 19.8 Å². The number of rotatable bonds is 10. The van der Waals surface area contributed by atoms with Crippen LogP contribution in [0.15, 0.2) is 18.2 Å². The van der Waals surface area contributed by atoms with Crippen LogP contribution in [0.2, 0.25) is 0 Å². The topological polar surface area (TPSA) is 76.1 Å². The van der Waals surface area contributed by atoms with E-state index in [4.69, 9.17) is 14.6 Å². The molecule has 1 heterocycles. The largest absolute Gasteiger partial charge is 0.490 e. The fourth-order valence-electron chi connectivity index (χ4n) is 2.88. The van der Waals surface area contributed by atoms with Gasteiger partial charge in [-0.05, 0) is 31.0 Å². The molecule has 0 bridgehead atoms. The lowest BCUT2D eigenvalue weighted by Gasteiger charge is -2.18. The number of aliphatic carboxylic acids is 1. The molecule has 0 aromatic heterocycles. The molecule has 1 aliphatic rings. The van der Waals surface area contributed by atoms with Gasteiger partial charge in [0.05, 0.1) is 19.1 Å². The molecule has 6 nitrogen and oxygen atoms in total. The van der Waals surface area contributed by atoms with E-state index in [1.54, 1.807) is 4.90 Å². The third-order valence-electron chi connectivity index (χ3n) is 4.25. The lowest BCUT2D eigenvalue weighted by Crippen LogP contribution is -2.25. The second kappa shape index (κ2) is 9.30. The molecule has 6 heteroatoms. The Morgan fingerprint density at radius 2 is 2.04 bits per heavy atom. The second-order valence-corrected chi connectivity index (χ2v) is 6.28. The van der Waals surface area contributed by atoms with Gasteiger partial charge in [-0.25, -0.2) is 0 Å². The predicted molar refractivity (Wildman–Crippen MR) is 93.8 cm³/mol. The summed E-state index contributed by atoms with van der Waals surface area (Å²) in [6.45, 7) is 5.88. The molecule has 0 saturated carbocycles. The van der Waals surface area contributed by atoms with Crippen molar-refractivity contribution in [2.24, 2.45) is 5.92 Å². The molecule has 2 rings (SSSR count). The van der Waals surface area contributed by atoms with Gasteiger partial charge in [-0.3, -0.25) is 9.59 Å².